The molecule has 18 heavy (non-hydrogen) atoms. The number of rotatable bonds is 4. The molecule has 0 bridgehead atoms. The Kier molecular flexibility index (Phi) is 5.56. The van der Waals surface area contributed by atoms with Crippen molar-refractivity contribution in [2.75, 3.05) is 39.3 Å². The number of aliphatic hydroxyl groups is 1. The molecule has 1 fully saturated rings. The van der Waals surface area contributed by atoms with Crippen LogP contribution in [0.25, 0.3) is 0 Å². The largest absolute Gasteiger partial charge is 0.395 e. The van der Waals surface area contributed by atoms with Crippen LogP contribution >= 0.6 is 15.9 Å². The summed E-state index contributed by atoms with van der Waals surface area (Å²) < 4.78 is 1.02. The lowest BCUT2D eigenvalue weighted by atomic mass is 10.3. The standard InChI is InChI=1S/C13H20BrN3O/c14-12-2-3-13(15-10-12)11-17-5-1-4-16(6-7-17)8-9-18/h2-3,10,18H,1,4-9,11H2. The Morgan fingerprint density at radius 1 is 1.17 bits per heavy atom. The quantitative estimate of drug-likeness (QED) is 0.910. The van der Waals surface area contributed by atoms with Crippen LogP contribution in [-0.4, -0.2) is 59.2 Å². The topological polar surface area (TPSA) is 39.6 Å². The van der Waals surface area contributed by atoms with Gasteiger partial charge >= 0.3 is 0 Å². The van der Waals surface area contributed by atoms with Crippen molar-refractivity contribution in [3.05, 3.63) is 28.5 Å². The van der Waals surface area contributed by atoms with E-state index in [1.165, 1.54) is 0 Å². The van der Waals surface area contributed by atoms with E-state index >= 15 is 0 Å². The first-order valence-corrected chi connectivity index (χ1v) is 7.23. The molecule has 0 unspecified atom stereocenters. The van der Waals surface area contributed by atoms with Gasteiger partial charge in [0, 0.05) is 36.8 Å². The molecule has 0 saturated carbocycles. The normalized spacial score (nSPS) is 18.8. The summed E-state index contributed by atoms with van der Waals surface area (Å²) in [4.78, 5) is 9.18. The van der Waals surface area contributed by atoms with E-state index in [1.807, 2.05) is 12.3 Å². The van der Waals surface area contributed by atoms with Crippen LogP contribution in [0.15, 0.2) is 22.8 Å². The van der Waals surface area contributed by atoms with E-state index in [0.717, 1.165) is 55.9 Å². The minimum atomic E-state index is 0.258. The maximum absolute atomic E-state index is 8.97. The molecule has 1 N–H and O–H groups in total. The molecule has 1 saturated heterocycles. The third kappa shape index (κ3) is 4.31. The molecule has 1 aliphatic rings. The summed E-state index contributed by atoms with van der Waals surface area (Å²) in [5.74, 6) is 0. The lowest BCUT2D eigenvalue weighted by Gasteiger charge is -2.20. The number of hydrogen-bond donors (Lipinski definition) is 1. The molecule has 1 aromatic rings. The molecule has 1 aromatic heterocycles. The predicted molar refractivity (Wildman–Crippen MR) is 75.4 cm³/mol. The van der Waals surface area contributed by atoms with Crippen molar-refractivity contribution in [2.45, 2.75) is 13.0 Å². The van der Waals surface area contributed by atoms with Crippen molar-refractivity contribution in [3.8, 4) is 0 Å². The second-order valence-electron chi connectivity index (χ2n) is 4.66. The minimum Gasteiger partial charge on any atom is -0.395 e. The van der Waals surface area contributed by atoms with E-state index in [-0.39, 0.29) is 6.61 Å². The maximum Gasteiger partial charge on any atom is 0.0558 e. The van der Waals surface area contributed by atoms with Gasteiger partial charge in [-0.05, 0) is 47.6 Å². The van der Waals surface area contributed by atoms with Crippen molar-refractivity contribution in [3.63, 3.8) is 0 Å². The smallest absolute Gasteiger partial charge is 0.0558 e. The fourth-order valence-electron chi connectivity index (χ4n) is 2.28. The fraction of sp³-hybridized carbons (Fsp3) is 0.615. The number of nitrogens with zero attached hydrogens (tertiary/aromatic N) is 3. The zero-order valence-electron chi connectivity index (χ0n) is 10.6. The van der Waals surface area contributed by atoms with Crippen LogP contribution < -0.4 is 0 Å². The van der Waals surface area contributed by atoms with Crippen LogP contribution in [0.5, 0.6) is 0 Å². The van der Waals surface area contributed by atoms with Gasteiger partial charge < -0.3 is 5.11 Å². The molecule has 2 heterocycles. The molecule has 2 rings (SSSR count). The molecule has 0 aliphatic carbocycles. The summed E-state index contributed by atoms with van der Waals surface area (Å²) in [5, 5.41) is 8.97. The summed E-state index contributed by atoms with van der Waals surface area (Å²) in [6.07, 6.45) is 3.02. The Morgan fingerprint density at radius 3 is 2.67 bits per heavy atom. The zero-order chi connectivity index (χ0) is 12.8. The molecular formula is C13H20BrN3O. The van der Waals surface area contributed by atoms with E-state index < -0.39 is 0 Å². The maximum atomic E-state index is 8.97. The van der Waals surface area contributed by atoms with Crippen LogP contribution in [-0.2, 0) is 6.54 Å². The van der Waals surface area contributed by atoms with Crippen molar-refractivity contribution in [2.24, 2.45) is 0 Å². The molecule has 0 atom stereocenters. The minimum absolute atomic E-state index is 0.258. The summed E-state index contributed by atoms with van der Waals surface area (Å²) in [6, 6.07) is 4.11. The van der Waals surface area contributed by atoms with Gasteiger partial charge in [-0.3, -0.25) is 14.8 Å². The summed E-state index contributed by atoms with van der Waals surface area (Å²) in [7, 11) is 0. The van der Waals surface area contributed by atoms with Crippen molar-refractivity contribution in [1.82, 2.24) is 14.8 Å². The Hall–Kier alpha value is -0.490. The van der Waals surface area contributed by atoms with E-state index in [1.54, 1.807) is 0 Å². The first-order valence-electron chi connectivity index (χ1n) is 6.44. The SMILES string of the molecule is OCCN1CCCN(Cc2ccc(Br)cn2)CC1. The second-order valence-corrected chi connectivity index (χ2v) is 5.58. The van der Waals surface area contributed by atoms with Crippen molar-refractivity contribution in [1.29, 1.82) is 0 Å². The highest BCUT2D eigenvalue weighted by atomic mass is 79.9. The van der Waals surface area contributed by atoms with Crippen LogP contribution in [0.4, 0.5) is 0 Å². The lowest BCUT2D eigenvalue weighted by molar-refractivity contribution is 0.195. The first-order chi connectivity index (χ1) is 8.78. The number of aliphatic hydroxyl groups excluding tert-OH is 1. The number of hydrogen-bond acceptors (Lipinski definition) is 4. The summed E-state index contributed by atoms with van der Waals surface area (Å²) in [5.41, 5.74) is 1.12. The third-order valence-electron chi connectivity index (χ3n) is 3.27. The number of aromatic nitrogens is 1. The van der Waals surface area contributed by atoms with E-state index in [9.17, 15) is 0 Å². The van der Waals surface area contributed by atoms with E-state index in [0.29, 0.717) is 0 Å². The van der Waals surface area contributed by atoms with Gasteiger partial charge in [0.2, 0.25) is 0 Å². The Morgan fingerprint density at radius 2 is 1.94 bits per heavy atom. The number of pyridine rings is 1. The molecule has 0 amide bonds. The number of β-amino-alcohol motifs (C(OH)–C–C–N with tert-alkyl or cyclic N) is 1. The second kappa shape index (κ2) is 7.19. The van der Waals surface area contributed by atoms with E-state index in [2.05, 4.69) is 36.8 Å². The highest BCUT2D eigenvalue weighted by molar-refractivity contribution is 9.10. The Labute approximate surface area is 117 Å². The van der Waals surface area contributed by atoms with Gasteiger partial charge in [0.25, 0.3) is 0 Å². The predicted octanol–water partition coefficient (Wildman–Crippen LogP) is 1.34. The summed E-state index contributed by atoms with van der Waals surface area (Å²) in [6.45, 7) is 6.26. The molecule has 0 spiro atoms. The van der Waals surface area contributed by atoms with Crippen LogP contribution in [0, 0.1) is 0 Å². The molecule has 100 valence electrons. The highest BCUT2D eigenvalue weighted by Gasteiger charge is 2.14. The highest BCUT2D eigenvalue weighted by Crippen LogP contribution is 2.11. The van der Waals surface area contributed by atoms with Crippen molar-refractivity contribution < 1.29 is 5.11 Å². The van der Waals surface area contributed by atoms with Gasteiger partial charge in [-0.15, -0.1) is 0 Å². The van der Waals surface area contributed by atoms with Gasteiger partial charge in [0.1, 0.15) is 0 Å². The van der Waals surface area contributed by atoms with Crippen LogP contribution in [0.3, 0.4) is 0 Å². The Bertz CT molecular complexity index is 358. The van der Waals surface area contributed by atoms with Gasteiger partial charge in [-0.2, -0.15) is 0 Å². The van der Waals surface area contributed by atoms with Crippen LogP contribution in [0.1, 0.15) is 12.1 Å². The van der Waals surface area contributed by atoms with Gasteiger partial charge in [0.05, 0.1) is 12.3 Å². The molecule has 0 aromatic carbocycles. The first kappa shape index (κ1) is 13.9. The fourth-order valence-corrected chi connectivity index (χ4v) is 2.51. The van der Waals surface area contributed by atoms with Gasteiger partial charge in [0.15, 0.2) is 0 Å². The zero-order valence-corrected chi connectivity index (χ0v) is 12.1. The average molecular weight is 314 g/mol. The monoisotopic (exact) mass is 313 g/mol. The van der Waals surface area contributed by atoms with Crippen molar-refractivity contribution >= 4 is 15.9 Å². The summed E-state index contributed by atoms with van der Waals surface area (Å²) >= 11 is 3.40. The molecule has 5 heteroatoms. The third-order valence-corrected chi connectivity index (χ3v) is 3.74. The Balaban J connectivity index is 1.84. The number of halogens is 1. The molecule has 4 nitrogen and oxygen atoms in total. The average Bonchev–Trinajstić information content (AvgIpc) is 2.59. The molecule has 0 radical (unpaired) electrons. The molecular weight excluding hydrogens is 294 g/mol. The van der Waals surface area contributed by atoms with Gasteiger partial charge in [-0.25, -0.2) is 0 Å². The van der Waals surface area contributed by atoms with Gasteiger partial charge in [-0.1, -0.05) is 0 Å². The lowest BCUT2D eigenvalue weighted by Crippen LogP contribution is -2.32. The van der Waals surface area contributed by atoms with E-state index in [4.69, 9.17) is 5.11 Å². The molecule has 1 aliphatic heterocycles. The van der Waals surface area contributed by atoms with Crippen LogP contribution in [0.2, 0.25) is 0 Å².